The lowest BCUT2D eigenvalue weighted by Gasteiger charge is -2.36. The maximum atomic E-state index is 6.14. The van der Waals surface area contributed by atoms with Crippen molar-refractivity contribution in [2.24, 2.45) is 4.99 Å². The van der Waals surface area contributed by atoms with E-state index in [1.807, 2.05) is 13.1 Å². The summed E-state index contributed by atoms with van der Waals surface area (Å²) in [5.74, 6) is 1.99. The minimum absolute atomic E-state index is 0. The lowest BCUT2D eigenvalue weighted by atomic mass is 10.1. The van der Waals surface area contributed by atoms with Gasteiger partial charge in [0.2, 0.25) is 0 Å². The van der Waals surface area contributed by atoms with Crippen LogP contribution in [0.3, 0.4) is 0 Å². The van der Waals surface area contributed by atoms with E-state index in [0.29, 0.717) is 6.04 Å². The topological polar surface area (TPSA) is 57.9 Å². The minimum Gasteiger partial charge on any atom is -0.373 e. The largest absolute Gasteiger partial charge is 0.373 e. The summed E-state index contributed by atoms with van der Waals surface area (Å²) in [6.45, 7) is 8.27. The van der Waals surface area contributed by atoms with Crippen molar-refractivity contribution in [3.8, 4) is 0 Å². The van der Waals surface area contributed by atoms with E-state index in [1.165, 1.54) is 11.1 Å². The molecule has 2 aliphatic heterocycles. The fourth-order valence-corrected chi connectivity index (χ4v) is 5.04. The summed E-state index contributed by atoms with van der Waals surface area (Å²) in [7, 11) is 1.87. The number of morpholine rings is 1. The highest BCUT2D eigenvalue weighted by Gasteiger charge is 2.41. The van der Waals surface area contributed by atoms with Crippen LogP contribution in [0.25, 0.3) is 11.0 Å². The van der Waals surface area contributed by atoms with Crippen molar-refractivity contribution < 1.29 is 4.74 Å². The molecule has 2 atom stereocenters. The third kappa shape index (κ3) is 5.17. The van der Waals surface area contributed by atoms with E-state index in [1.54, 1.807) is 0 Å². The smallest absolute Gasteiger partial charge is 0.193 e. The summed E-state index contributed by atoms with van der Waals surface area (Å²) in [4.78, 5) is 14.2. The number of imidazole rings is 1. The van der Waals surface area contributed by atoms with Gasteiger partial charge >= 0.3 is 0 Å². The predicted molar refractivity (Wildman–Crippen MR) is 143 cm³/mol. The summed E-state index contributed by atoms with van der Waals surface area (Å²) in [5.41, 5.74) is 3.59. The molecule has 7 nitrogen and oxygen atoms in total. The van der Waals surface area contributed by atoms with E-state index in [2.05, 4.69) is 85.1 Å². The fraction of sp³-hybridized carbons (Fsp3) is 0.440. The Morgan fingerprint density at radius 2 is 1.91 bits per heavy atom. The molecule has 0 bridgehead atoms. The molecule has 8 heteroatoms. The average molecular weight is 560 g/mol. The molecule has 0 spiro atoms. The summed E-state index contributed by atoms with van der Waals surface area (Å²) in [5, 5.41) is 3.57. The summed E-state index contributed by atoms with van der Waals surface area (Å²) in [6.07, 6.45) is 0.228. The number of hydrogen-bond donors (Lipinski definition) is 1. The Morgan fingerprint density at radius 1 is 1.12 bits per heavy atom. The summed E-state index contributed by atoms with van der Waals surface area (Å²) >= 11 is 0. The van der Waals surface area contributed by atoms with Crippen molar-refractivity contribution in [1.29, 1.82) is 0 Å². The first-order valence-electron chi connectivity index (χ1n) is 11.5. The van der Waals surface area contributed by atoms with Gasteiger partial charge in [-0.3, -0.25) is 9.89 Å². The molecular weight excluding hydrogens is 527 g/mol. The van der Waals surface area contributed by atoms with Gasteiger partial charge in [-0.2, -0.15) is 0 Å². The van der Waals surface area contributed by atoms with E-state index >= 15 is 0 Å². The van der Waals surface area contributed by atoms with Gasteiger partial charge in [0.1, 0.15) is 5.82 Å². The van der Waals surface area contributed by atoms with Gasteiger partial charge < -0.3 is 19.5 Å². The van der Waals surface area contributed by atoms with E-state index in [4.69, 9.17) is 4.74 Å². The third-order valence-electron chi connectivity index (χ3n) is 6.62. The highest BCUT2D eigenvalue weighted by atomic mass is 127. The first kappa shape index (κ1) is 24.0. The van der Waals surface area contributed by atoms with Gasteiger partial charge in [0.15, 0.2) is 5.96 Å². The van der Waals surface area contributed by atoms with Gasteiger partial charge in [-0.15, -0.1) is 24.0 Å². The average Bonchev–Trinajstić information content (AvgIpc) is 3.39. The maximum Gasteiger partial charge on any atom is 0.193 e. The van der Waals surface area contributed by atoms with Crippen LogP contribution < -0.4 is 5.32 Å². The van der Waals surface area contributed by atoms with Crippen LogP contribution in [0, 0.1) is 6.92 Å². The molecule has 5 rings (SSSR count). The molecule has 2 unspecified atom stereocenters. The van der Waals surface area contributed by atoms with E-state index < -0.39 is 0 Å². The van der Waals surface area contributed by atoms with E-state index in [9.17, 15) is 0 Å². The summed E-state index contributed by atoms with van der Waals surface area (Å²) < 4.78 is 8.41. The standard InChI is InChI=1S/C25H32N6O.HI/c1-19-28-21-10-6-7-11-22(21)31(19)13-12-27-25(26-2)30-17-23-24(18-30)32-15-14-29(23)16-20-8-4-3-5-9-20;/h3-11,23-24H,12-18H2,1-2H3,(H,26,27);1H. The lowest BCUT2D eigenvalue weighted by molar-refractivity contribution is -0.0502. The molecule has 2 aliphatic rings. The first-order chi connectivity index (χ1) is 15.7. The molecule has 2 fully saturated rings. The van der Waals surface area contributed by atoms with Gasteiger partial charge in [0.05, 0.1) is 29.8 Å². The number of halogens is 1. The number of aromatic nitrogens is 2. The van der Waals surface area contributed by atoms with E-state index in [0.717, 1.165) is 63.2 Å². The molecular formula is C25H33IN6O. The Balaban J connectivity index is 0.00000259. The third-order valence-corrected chi connectivity index (χ3v) is 6.62. The normalized spacial score (nSPS) is 21.2. The Morgan fingerprint density at radius 3 is 2.73 bits per heavy atom. The zero-order valence-electron chi connectivity index (χ0n) is 19.4. The molecule has 0 amide bonds. The number of para-hydroxylation sites is 2. The zero-order valence-corrected chi connectivity index (χ0v) is 21.7. The van der Waals surface area contributed by atoms with Crippen LogP contribution in [0.2, 0.25) is 0 Å². The maximum absolute atomic E-state index is 6.14. The highest BCUT2D eigenvalue weighted by Crippen LogP contribution is 2.24. The number of rotatable bonds is 5. The van der Waals surface area contributed by atoms with Gasteiger partial charge in [-0.25, -0.2) is 4.98 Å². The first-order valence-corrected chi connectivity index (χ1v) is 11.5. The Kier molecular flexibility index (Phi) is 7.87. The van der Waals surface area contributed by atoms with Crippen LogP contribution in [0.4, 0.5) is 0 Å². The predicted octanol–water partition coefficient (Wildman–Crippen LogP) is 3.12. The molecule has 0 aliphatic carbocycles. The van der Waals surface area contributed by atoms with Crippen LogP contribution in [-0.4, -0.2) is 77.3 Å². The van der Waals surface area contributed by atoms with Crippen molar-refractivity contribution in [3.63, 3.8) is 0 Å². The monoisotopic (exact) mass is 560 g/mol. The SMILES string of the molecule is CN=C(NCCn1c(C)nc2ccccc21)N1CC2OCCN(Cc3ccccc3)C2C1.I. The van der Waals surface area contributed by atoms with Crippen LogP contribution in [-0.2, 0) is 17.8 Å². The van der Waals surface area contributed by atoms with Gasteiger partial charge in [-0.05, 0) is 24.6 Å². The molecule has 2 aromatic carbocycles. The fourth-order valence-electron chi connectivity index (χ4n) is 5.04. The van der Waals surface area contributed by atoms with Gasteiger partial charge in [-0.1, -0.05) is 42.5 Å². The molecule has 176 valence electrons. The molecule has 1 aromatic heterocycles. The minimum atomic E-state index is 0. The molecule has 33 heavy (non-hydrogen) atoms. The number of likely N-dealkylation sites (tertiary alicyclic amines) is 1. The van der Waals surface area contributed by atoms with Crippen LogP contribution >= 0.6 is 24.0 Å². The number of aliphatic imine (C=N–C) groups is 1. The van der Waals surface area contributed by atoms with Crippen LogP contribution in [0.1, 0.15) is 11.4 Å². The van der Waals surface area contributed by atoms with E-state index in [-0.39, 0.29) is 30.1 Å². The number of guanidine groups is 1. The van der Waals surface area contributed by atoms with Crippen LogP contribution in [0.15, 0.2) is 59.6 Å². The number of nitrogens with zero attached hydrogens (tertiary/aromatic N) is 5. The van der Waals surface area contributed by atoms with Crippen molar-refractivity contribution >= 4 is 41.0 Å². The van der Waals surface area contributed by atoms with Crippen molar-refractivity contribution in [2.75, 3.05) is 39.8 Å². The number of nitrogens with one attached hydrogen (secondary N) is 1. The Labute approximate surface area is 212 Å². The number of benzene rings is 2. The van der Waals surface area contributed by atoms with Crippen molar-refractivity contribution in [2.45, 2.75) is 32.2 Å². The van der Waals surface area contributed by atoms with Crippen molar-refractivity contribution in [3.05, 3.63) is 66.0 Å². The summed E-state index contributed by atoms with van der Waals surface area (Å²) in [6, 6.07) is 19.4. The van der Waals surface area contributed by atoms with Gasteiger partial charge in [0, 0.05) is 46.3 Å². The number of aryl methyl sites for hydroxylation is 1. The van der Waals surface area contributed by atoms with Crippen LogP contribution in [0.5, 0.6) is 0 Å². The molecule has 1 N–H and O–H groups in total. The quantitative estimate of drug-likeness (QED) is 0.296. The highest BCUT2D eigenvalue weighted by molar-refractivity contribution is 14.0. The number of fused-ring (bicyclic) bond motifs is 2. The molecule has 3 heterocycles. The Hall–Kier alpha value is -2.17. The molecule has 2 saturated heterocycles. The van der Waals surface area contributed by atoms with Gasteiger partial charge in [0.25, 0.3) is 0 Å². The second kappa shape index (κ2) is 10.8. The molecule has 3 aromatic rings. The molecule has 0 radical (unpaired) electrons. The number of hydrogen-bond acceptors (Lipinski definition) is 4. The molecule has 0 saturated carbocycles. The zero-order chi connectivity index (χ0) is 21.9. The second-order valence-electron chi connectivity index (χ2n) is 8.61. The Bertz CT molecular complexity index is 1080. The van der Waals surface area contributed by atoms with Crippen molar-refractivity contribution in [1.82, 2.24) is 24.7 Å². The number of ether oxygens (including phenoxy) is 1. The lowest BCUT2D eigenvalue weighted by Crippen LogP contribution is -2.50. The second-order valence-corrected chi connectivity index (χ2v) is 8.61.